The van der Waals surface area contributed by atoms with Gasteiger partial charge in [0.05, 0.1) is 6.54 Å². The van der Waals surface area contributed by atoms with Gasteiger partial charge in [0, 0.05) is 6.04 Å². The zero-order valence-electron chi connectivity index (χ0n) is 18.4. The average molecular weight is 450 g/mol. The summed E-state index contributed by atoms with van der Waals surface area (Å²) in [5.41, 5.74) is 2.97. The predicted molar refractivity (Wildman–Crippen MR) is 118 cm³/mol. The van der Waals surface area contributed by atoms with Crippen molar-refractivity contribution >= 4 is 17.8 Å². The number of carbonyl (C=O) groups is 3. The van der Waals surface area contributed by atoms with Crippen molar-refractivity contribution in [3.05, 3.63) is 59.7 Å². The number of hydrogen-bond acceptors (Lipinski definition) is 6. The summed E-state index contributed by atoms with van der Waals surface area (Å²) in [5, 5.41) is 3.47. The minimum atomic E-state index is -1.23. The van der Waals surface area contributed by atoms with Crippen LogP contribution in [0, 0.1) is 0 Å². The highest BCUT2D eigenvalue weighted by Gasteiger charge is 2.50. The molecule has 5 rings (SSSR count). The van der Waals surface area contributed by atoms with Crippen molar-refractivity contribution in [1.82, 2.24) is 20.7 Å². The summed E-state index contributed by atoms with van der Waals surface area (Å²) < 4.78 is 11.3. The molecule has 3 heterocycles. The Labute approximate surface area is 191 Å². The van der Waals surface area contributed by atoms with Gasteiger partial charge in [-0.2, -0.15) is 5.01 Å². The highest BCUT2D eigenvalue weighted by atomic mass is 16.6. The van der Waals surface area contributed by atoms with E-state index in [1.165, 1.54) is 0 Å². The maximum atomic E-state index is 13.0. The van der Waals surface area contributed by atoms with E-state index in [-0.39, 0.29) is 12.6 Å². The van der Waals surface area contributed by atoms with Gasteiger partial charge < -0.3 is 14.8 Å². The average Bonchev–Trinajstić information content (AvgIpc) is 3.37. The number of amides is 4. The van der Waals surface area contributed by atoms with E-state index in [1.54, 1.807) is 31.2 Å². The summed E-state index contributed by atoms with van der Waals surface area (Å²) >= 11 is 0. The molecule has 3 aliphatic rings. The van der Waals surface area contributed by atoms with E-state index >= 15 is 0 Å². The van der Waals surface area contributed by atoms with Crippen molar-refractivity contribution in [2.45, 2.75) is 31.3 Å². The van der Waals surface area contributed by atoms with E-state index in [0.717, 1.165) is 41.5 Å². The summed E-state index contributed by atoms with van der Waals surface area (Å²) in [5.74, 6) is 0.513. The molecule has 2 N–H and O–H groups in total. The topological polar surface area (TPSA) is 100 Å². The van der Waals surface area contributed by atoms with E-state index in [2.05, 4.69) is 15.6 Å². The standard InChI is InChI=1S/C24H26N4O5/c1-24(17-6-3-2-4-7-17)22(30)28(23(31)25-24)26-21(29)15-27-11-5-8-18(27)16-9-10-19-20(14-16)33-13-12-32-19/h2-4,6-7,9-10,14,18H,5,8,11-13,15H2,1H3,(H,25,31)(H,26,29)/t18-,24-/m0/s1. The van der Waals surface area contributed by atoms with Crippen molar-refractivity contribution in [1.29, 1.82) is 0 Å². The number of ether oxygens (including phenoxy) is 2. The number of imide groups is 1. The van der Waals surface area contributed by atoms with Crippen LogP contribution >= 0.6 is 0 Å². The normalized spacial score (nSPS) is 24.6. The maximum Gasteiger partial charge on any atom is 0.344 e. The maximum absolute atomic E-state index is 13.0. The van der Waals surface area contributed by atoms with Crippen LogP contribution in [-0.4, -0.2) is 54.1 Å². The Kier molecular flexibility index (Phi) is 5.41. The van der Waals surface area contributed by atoms with Crippen LogP contribution in [0.3, 0.4) is 0 Å². The van der Waals surface area contributed by atoms with Crippen LogP contribution in [-0.2, 0) is 15.1 Å². The predicted octanol–water partition coefficient (Wildman–Crippen LogP) is 2.09. The second-order valence-corrected chi connectivity index (χ2v) is 8.63. The fraction of sp³-hybridized carbons (Fsp3) is 0.375. The molecule has 0 aliphatic carbocycles. The first-order valence-corrected chi connectivity index (χ1v) is 11.1. The third-order valence-electron chi connectivity index (χ3n) is 6.44. The Morgan fingerprint density at radius 3 is 2.67 bits per heavy atom. The lowest BCUT2D eigenvalue weighted by molar-refractivity contribution is -0.139. The summed E-state index contributed by atoms with van der Waals surface area (Å²) in [6, 6.07) is 14.2. The molecule has 9 nitrogen and oxygen atoms in total. The van der Waals surface area contributed by atoms with Crippen molar-refractivity contribution < 1.29 is 23.9 Å². The molecule has 2 aromatic rings. The second-order valence-electron chi connectivity index (χ2n) is 8.63. The Morgan fingerprint density at radius 1 is 1.12 bits per heavy atom. The molecular formula is C24H26N4O5. The quantitative estimate of drug-likeness (QED) is 0.677. The number of hydrazine groups is 1. The molecule has 0 spiro atoms. The van der Waals surface area contributed by atoms with Gasteiger partial charge in [-0.15, -0.1) is 0 Å². The zero-order valence-corrected chi connectivity index (χ0v) is 18.4. The third kappa shape index (κ3) is 3.89. The lowest BCUT2D eigenvalue weighted by atomic mass is 9.92. The molecular weight excluding hydrogens is 424 g/mol. The van der Waals surface area contributed by atoms with Gasteiger partial charge in [0.25, 0.3) is 11.8 Å². The van der Waals surface area contributed by atoms with Gasteiger partial charge in [0.2, 0.25) is 0 Å². The number of hydrogen-bond donors (Lipinski definition) is 2. The van der Waals surface area contributed by atoms with Crippen LogP contribution < -0.4 is 20.2 Å². The van der Waals surface area contributed by atoms with Gasteiger partial charge in [-0.25, -0.2) is 4.79 Å². The first kappa shape index (κ1) is 21.3. The van der Waals surface area contributed by atoms with E-state index in [1.807, 2.05) is 24.3 Å². The van der Waals surface area contributed by atoms with E-state index < -0.39 is 23.4 Å². The number of rotatable bonds is 5. The van der Waals surface area contributed by atoms with Gasteiger partial charge in [-0.3, -0.25) is 19.9 Å². The van der Waals surface area contributed by atoms with Crippen molar-refractivity contribution in [2.75, 3.05) is 26.3 Å². The van der Waals surface area contributed by atoms with Crippen LogP contribution in [0.4, 0.5) is 4.79 Å². The summed E-state index contributed by atoms with van der Waals surface area (Å²) in [6.07, 6.45) is 1.85. The van der Waals surface area contributed by atoms with Crippen LogP contribution in [0.2, 0.25) is 0 Å². The highest BCUT2D eigenvalue weighted by molar-refractivity contribution is 6.08. The summed E-state index contributed by atoms with van der Waals surface area (Å²) in [6.45, 7) is 3.50. The molecule has 2 fully saturated rings. The molecule has 9 heteroatoms. The van der Waals surface area contributed by atoms with Crippen LogP contribution in [0.15, 0.2) is 48.5 Å². The van der Waals surface area contributed by atoms with Crippen molar-refractivity contribution in [3.63, 3.8) is 0 Å². The largest absolute Gasteiger partial charge is 0.486 e. The third-order valence-corrected chi connectivity index (χ3v) is 6.44. The first-order valence-electron chi connectivity index (χ1n) is 11.1. The Bertz CT molecular complexity index is 1090. The number of urea groups is 1. The number of nitrogens with one attached hydrogen (secondary N) is 2. The highest BCUT2D eigenvalue weighted by Crippen LogP contribution is 2.38. The van der Waals surface area contributed by atoms with E-state index in [9.17, 15) is 14.4 Å². The fourth-order valence-electron chi connectivity index (χ4n) is 4.71. The molecule has 172 valence electrons. The van der Waals surface area contributed by atoms with Crippen molar-refractivity contribution in [3.8, 4) is 11.5 Å². The molecule has 2 saturated heterocycles. The molecule has 0 bridgehead atoms. The minimum absolute atomic E-state index is 0.0456. The number of benzene rings is 2. The van der Waals surface area contributed by atoms with Crippen LogP contribution in [0.5, 0.6) is 11.5 Å². The molecule has 0 saturated carbocycles. The Morgan fingerprint density at radius 2 is 1.88 bits per heavy atom. The molecule has 4 amide bonds. The summed E-state index contributed by atoms with van der Waals surface area (Å²) in [7, 11) is 0. The molecule has 33 heavy (non-hydrogen) atoms. The zero-order chi connectivity index (χ0) is 23.0. The van der Waals surface area contributed by atoms with Gasteiger partial charge >= 0.3 is 6.03 Å². The fourth-order valence-corrected chi connectivity index (χ4v) is 4.71. The van der Waals surface area contributed by atoms with Gasteiger partial charge in [-0.05, 0) is 49.6 Å². The van der Waals surface area contributed by atoms with Gasteiger partial charge in [-0.1, -0.05) is 36.4 Å². The van der Waals surface area contributed by atoms with Crippen LogP contribution in [0.25, 0.3) is 0 Å². The number of carbonyl (C=O) groups excluding carboxylic acids is 3. The lowest BCUT2D eigenvalue weighted by Gasteiger charge is -2.27. The lowest BCUT2D eigenvalue weighted by Crippen LogP contribution is -2.50. The monoisotopic (exact) mass is 450 g/mol. The minimum Gasteiger partial charge on any atom is -0.486 e. The molecule has 0 aromatic heterocycles. The van der Waals surface area contributed by atoms with Gasteiger partial charge in [0.1, 0.15) is 18.8 Å². The first-order chi connectivity index (χ1) is 16.0. The molecule has 0 radical (unpaired) electrons. The molecule has 0 unspecified atom stereocenters. The Hall–Kier alpha value is -3.59. The smallest absolute Gasteiger partial charge is 0.344 e. The number of fused-ring (bicyclic) bond motifs is 1. The number of nitrogens with zero attached hydrogens (tertiary/aromatic N) is 2. The molecule has 2 atom stereocenters. The van der Waals surface area contributed by atoms with E-state index in [4.69, 9.17) is 9.47 Å². The van der Waals surface area contributed by atoms with Crippen LogP contribution in [0.1, 0.15) is 36.9 Å². The van der Waals surface area contributed by atoms with Gasteiger partial charge in [0.15, 0.2) is 11.5 Å². The molecule has 3 aliphatic heterocycles. The SMILES string of the molecule is C[C@@]1(c2ccccc2)NC(=O)N(NC(=O)CN2CCC[C@H]2c2ccc3c(c2)OCCO3)C1=O. The second kappa shape index (κ2) is 8.40. The van der Waals surface area contributed by atoms with Crippen molar-refractivity contribution in [2.24, 2.45) is 0 Å². The van der Waals surface area contributed by atoms with E-state index in [0.29, 0.717) is 18.8 Å². The molecule has 2 aromatic carbocycles. The summed E-state index contributed by atoms with van der Waals surface area (Å²) in [4.78, 5) is 40.4. The number of likely N-dealkylation sites (tertiary alicyclic amines) is 1. The Balaban J connectivity index is 1.26.